The van der Waals surface area contributed by atoms with Crippen molar-refractivity contribution in [1.82, 2.24) is 15.3 Å². The molecule has 1 aromatic heterocycles. The van der Waals surface area contributed by atoms with Gasteiger partial charge in [-0.05, 0) is 59.0 Å². The number of rotatable bonds is 7. The zero-order chi connectivity index (χ0) is 28.7. The third kappa shape index (κ3) is 7.27. The molecule has 0 aliphatic heterocycles. The summed E-state index contributed by atoms with van der Waals surface area (Å²) in [6, 6.07) is 31.7. The van der Waals surface area contributed by atoms with E-state index in [1.807, 2.05) is 12.1 Å². The summed E-state index contributed by atoms with van der Waals surface area (Å²) in [4.78, 5) is 17.1. The van der Waals surface area contributed by atoms with E-state index < -0.39 is 12.1 Å². The number of aromatic amines is 1. The molecule has 0 saturated heterocycles. The fourth-order valence-electron chi connectivity index (χ4n) is 4.09. The lowest BCUT2D eigenvalue weighted by Crippen LogP contribution is -2.21. The number of aryl methyl sites for hydroxylation is 1. The number of benzene rings is 4. The number of methoxy groups -OCH3 is 1. The molecule has 0 aliphatic carbocycles. The Bertz CT molecular complexity index is 1580. The second-order valence-electron chi connectivity index (χ2n) is 9.09. The maximum atomic E-state index is 10.6. The fourth-order valence-corrected chi connectivity index (χ4v) is 4.09. The molecule has 0 atom stereocenters. The molecule has 0 aliphatic rings. The van der Waals surface area contributed by atoms with Crippen molar-refractivity contribution in [2.75, 3.05) is 7.11 Å². The van der Waals surface area contributed by atoms with Crippen LogP contribution in [0.4, 0.5) is 13.2 Å². The number of carboxylic acid groups (broad SMARTS) is 1. The Morgan fingerprint density at radius 3 is 2.12 bits per heavy atom. The zero-order valence-electron chi connectivity index (χ0n) is 21.9. The predicted molar refractivity (Wildman–Crippen MR) is 149 cm³/mol. The number of H-pyrrole nitrogens is 1. The van der Waals surface area contributed by atoms with Gasteiger partial charge in [0.1, 0.15) is 11.6 Å². The number of alkyl halides is 3. The summed E-state index contributed by atoms with van der Waals surface area (Å²) in [5.74, 6) is -0.970. The molecule has 4 aromatic carbocycles. The third-order valence-corrected chi connectivity index (χ3v) is 6.19. The Morgan fingerprint density at radius 1 is 0.875 bits per heavy atom. The maximum Gasteiger partial charge on any atom is 0.490 e. The summed E-state index contributed by atoms with van der Waals surface area (Å²) in [6.45, 7) is 3.73. The number of aromatic nitrogens is 2. The monoisotopic (exact) mass is 547 g/mol. The summed E-state index contributed by atoms with van der Waals surface area (Å²) < 4.78 is 37.0. The van der Waals surface area contributed by atoms with E-state index >= 15 is 0 Å². The normalized spacial score (nSPS) is 11.1. The molecule has 1 heterocycles. The van der Waals surface area contributed by atoms with Gasteiger partial charge in [0.2, 0.25) is 0 Å². The topological polar surface area (TPSA) is 87.2 Å². The highest BCUT2D eigenvalue weighted by Gasteiger charge is 2.38. The number of hydrogen-bond donors (Lipinski definition) is 3. The van der Waals surface area contributed by atoms with E-state index in [0.717, 1.165) is 41.3 Å². The minimum Gasteiger partial charge on any atom is -0.497 e. The van der Waals surface area contributed by atoms with Gasteiger partial charge in [-0.1, -0.05) is 66.7 Å². The van der Waals surface area contributed by atoms with Crippen LogP contribution in [0.5, 0.6) is 5.75 Å². The number of para-hydroxylation sites is 1. The van der Waals surface area contributed by atoms with Crippen molar-refractivity contribution in [3.05, 3.63) is 108 Å². The summed E-state index contributed by atoms with van der Waals surface area (Å²) in [5.41, 5.74) is 9.29. The number of hydrogen-bond acceptors (Lipinski definition) is 4. The molecular formula is C31H28F3N3O3. The second kappa shape index (κ2) is 12.5. The lowest BCUT2D eigenvalue weighted by molar-refractivity contribution is -0.192. The maximum absolute atomic E-state index is 10.6. The molecule has 206 valence electrons. The summed E-state index contributed by atoms with van der Waals surface area (Å²) >= 11 is 0. The van der Waals surface area contributed by atoms with Crippen LogP contribution in [-0.2, 0) is 17.9 Å². The number of nitrogens with zero attached hydrogens (tertiary/aromatic N) is 1. The van der Waals surface area contributed by atoms with Crippen molar-refractivity contribution < 1.29 is 27.8 Å². The smallest absolute Gasteiger partial charge is 0.490 e. The van der Waals surface area contributed by atoms with Crippen molar-refractivity contribution in [2.24, 2.45) is 0 Å². The minimum atomic E-state index is -5.08. The number of ether oxygens (including phenoxy) is 1. The highest BCUT2D eigenvalue weighted by atomic mass is 19.4. The van der Waals surface area contributed by atoms with Crippen LogP contribution in [0.3, 0.4) is 0 Å². The van der Waals surface area contributed by atoms with Crippen molar-refractivity contribution in [3.63, 3.8) is 0 Å². The number of carbonyl (C=O) groups is 1. The molecule has 3 N–H and O–H groups in total. The Kier molecular flexibility index (Phi) is 8.86. The first-order chi connectivity index (χ1) is 19.1. The van der Waals surface area contributed by atoms with Crippen molar-refractivity contribution >= 4 is 17.0 Å². The van der Waals surface area contributed by atoms with Crippen molar-refractivity contribution in [2.45, 2.75) is 26.2 Å². The quantitative estimate of drug-likeness (QED) is 0.202. The van der Waals surface area contributed by atoms with E-state index in [4.69, 9.17) is 19.6 Å². The highest BCUT2D eigenvalue weighted by Crippen LogP contribution is 2.26. The molecule has 0 saturated carbocycles. The van der Waals surface area contributed by atoms with Gasteiger partial charge < -0.3 is 20.1 Å². The standard InChI is InChI=1S/C29H27N3O.C2HF3O2/c1-20-5-3-8-27-28(20)32-29(31-27)24-13-11-23(12-14-24)25-7-4-6-22(17-25)19-30-18-21-9-15-26(33-2)16-10-21;3-2(4,5)1(6)7/h3-17,30H,18-19H2,1-2H3,(H,31,32);(H,6,7). The number of carboxylic acids is 1. The molecule has 40 heavy (non-hydrogen) atoms. The number of halogens is 3. The summed E-state index contributed by atoms with van der Waals surface area (Å²) in [5, 5.41) is 10.7. The molecular weight excluding hydrogens is 519 g/mol. The van der Waals surface area contributed by atoms with Gasteiger partial charge >= 0.3 is 12.1 Å². The van der Waals surface area contributed by atoms with Crippen molar-refractivity contribution in [1.29, 1.82) is 0 Å². The number of fused-ring (bicyclic) bond motifs is 1. The molecule has 0 bridgehead atoms. The Balaban J connectivity index is 0.000000470. The van der Waals surface area contributed by atoms with Gasteiger partial charge in [-0.25, -0.2) is 9.78 Å². The number of aliphatic carboxylic acids is 1. The van der Waals surface area contributed by atoms with Gasteiger partial charge in [-0.15, -0.1) is 0 Å². The Labute approximate surface area is 229 Å². The van der Waals surface area contributed by atoms with Gasteiger partial charge in [-0.3, -0.25) is 0 Å². The van der Waals surface area contributed by atoms with Crippen LogP contribution in [0.2, 0.25) is 0 Å². The van der Waals surface area contributed by atoms with E-state index in [0.29, 0.717) is 0 Å². The van der Waals surface area contributed by atoms with Gasteiger partial charge in [0, 0.05) is 18.7 Å². The van der Waals surface area contributed by atoms with Crippen molar-refractivity contribution in [3.8, 4) is 28.3 Å². The van der Waals surface area contributed by atoms with Gasteiger partial charge in [-0.2, -0.15) is 13.2 Å². The van der Waals surface area contributed by atoms with Crippen LogP contribution < -0.4 is 10.1 Å². The first-order valence-corrected chi connectivity index (χ1v) is 12.4. The number of imidazole rings is 1. The third-order valence-electron chi connectivity index (χ3n) is 6.19. The van der Waals surface area contributed by atoms with Gasteiger partial charge in [0.05, 0.1) is 18.1 Å². The van der Waals surface area contributed by atoms with Crippen LogP contribution in [0.1, 0.15) is 16.7 Å². The Hall–Kier alpha value is -4.63. The molecule has 0 unspecified atom stereocenters. The van der Waals surface area contributed by atoms with Crippen LogP contribution in [0.15, 0.2) is 91.0 Å². The average molecular weight is 548 g/mol. The number of nitrogens with one attached hydrogen (secondary N) is 2. The molecule has 5 rings (SSSR count). The first kappa shape index (κ1) is 28.4. The molecule has 5 aromatic rings. The SMILES string of the molecule is COc1ccc(CNCc2cccc(-c3ccc(-c4nc5c(C)cccc5[nH]4)cc3)c2)cc1.O=C(O)C(F)(F)F. The molecule has 0 radical (unpaired) electrons. The van der Waals surface area contributed by atoms with E-state index in [9.17, 15) is 13.2 Å². The van der Waals surface area contributed by atoms with E-state index in [1.165, 1.54) is 27.8 Å². The Morgan fingerprint density at radius 2 is 1.50 bits per heavy atom. The molecule has 6 nitrogen and oxygen atoms in total. The molecule has 9 heteroatoms. The molecule has 0 fully saturated rings. The molecule has 0 amide bonds. The fraction of sp³-hybridized carbons (Fsp3) is 0.161. The van der Waals surface area contributed by atoms with Crippen LogP contribution >= 0.6 is 0 Å². The van der Waals surface area contributed by atoms with Gasteiger partial charge in [0.15, 0.2) is 0 Å². The minimum absolute atomic E-state index is 0.816. The lowest BCUT2D eigenvalue weighted by atomic mass is 10.0. The van der Waals surface area contributed by atoms with Crippen LogP contribution in [-0.4, -0.2) is 34.3 Å². The lowest BCUT2D eigenvalue weighted by Gasteiger charge is -2.09. The average Bonchev–Trinajstić information content (AvgIpc) is 3.39. The van der Waals surface area contributed by atoms with E-state index in [2.05, 4.69) is 96.1 Å². The van der Waals surface area contributed by atoms with E-state index in [-0.39, 0.29) is 0 Å². The summed E-state index contributed by atoms with van der Waals surface area (Å²) in [7, 11) is 1.69. The second-order valence-corrected chi connectivity index (χ2v) is 9.09. The predicted octanol–water partition coefficient (Wildman–Crippen LogP) is 7.14. The van der Waals surface area contributed by atoms with Gasteiger partial charge in [0.25, 0.3) is 0 Å². The zero-order valence-corrected chi connectivity index (χ0v) is 21.9. The highest BCUT2D eigenvalue weighted by molar-refractivity contribution is 5.82. The summed E-state index contributed by atoms with van der Waals surface area (Å²) in [6.07, 6.45) is -5.08. The van der Waals surface area contributed by atoms with E-state index in [1.54, 1.807) is 7.11 Å². The van der Waals surface area contributed by atoms with Crippen LogP contribution in [0.25, 0.3) is 33.5 Å². The molecule has 0 spiro atoms. The largest absolute Gasteiger partial charge is 0.497 e. The van der Waals surface area contributed by atoms with Crippen LogP contribution in [0, 0.1) is 6.92 Å². The first-order valence-electron chi connectivity index (χ1n) is 12.4.